The molecule has 1 aromatic rings. The van der Waals surface area contributed by atoms with Crippen LogP contribution in [0.1, 0.15) is 31.0 Å². The Hall–Kier alpha value is -2.18. The number of piperidine rings is 1. The van der Waals surface area contributed by atoms with Gasteiger partial charge >= 0.3 is 0 Å². The molecule has 0 aromatic carbocycles. The lowest BCUT2D eigenvalue weighted by Gasteiger charge is -2.39. The van der Waals surface area contributed by atoms with Crippen molar-refractivity contribution >= 4 is 11.8 Å². The first-order valence-electron chi connectivity index (χ1n) is 7.59. The molecule has 7 heteroatoms. The van der Waals surface area contributed by atoms with Gasteiger partial charge < -0.3 is 14.3 Å². The minimum Gasteiger partial charge on any atom is -0.339 e. The number of hydrogen-bond acceptors (Lipinski definition) is 5. The fourth-order valence-electron chi connectivity index (χ4n) is 3.48. The van der Waals surface area contributed by atoms with Crippen LogP contribution in [0.15, 0.2) is 17.2 Å². The van der Waals surface area contributed by atoms with Gasteiger partial charge in [-0.15, -0.1) is 6.58 Å². The molecule has 0 radical (unpaired) electrons. The van der Waals surface area contributed by atoms with Crippen molar-refractivity contribution in [2.75, 3.05) is 13.1 Å². The number of carbonyl (C=O) groups is 2. The van der Waals surface area contributed by atoms with Crippen molar-refractivity contribution in [3.8, 4) is 0 Å². The second-order valence-corrected chi connectivity index (χ2v) is 5.80. The maximum atomic E-state index is 12.5. The Bertz CT molecular complexity index is 597. The lowest BCUT2D eigenvalue weighted by Crippen LogP contribution is -2.53. The third-order valence-corrected chi connectivity index (χ3v) is 4.40. The normalized spacial score (nSPS) is 24.5. The third kappa shape index (κ3) is 2.63. The van der Waals surface area contributed by atoms with Gasteiger partial charge in [-0.1, -0.05) is 11.2 Å². The van der Waals surface area contributed by atoms with Crippen LogP contribution in [0.5, 0.6) is 0 Å². The standard InChI is InChI=1S/C15H20N4O3/c1-3-7-18-12-6-8-19(11(12)4-5-14(18)20)15(21)9-13-16-10(2)17-22-13/h3,11-12H,1,4-9H2,2H3/t11-,12-/m1/s1. The van der Waals surface area contributed by atoms with Crippen molar-refractivity contribution in [3.05, 3.63) is 24.4 Å². The first-order valence-corrected chi connectivity index (χ1v) is 7.59. The Morgan fingerprint density at radius 1 is 1.45 bits per heavy atom. The summed E-state index contributed by atoms with van der Waals surface area (Å²) in [4.78, 5) is 32.3. The molecule has 2 saturated heterocycles. The first-order chi connectivity index (χ1) is 10.6. The van der Waals surface area contributed by atoms with Gasteiger partial charge in [0.2, 0.25) is 17.7 Å². The average Bonchev–Trinajstić information content (AvgIpc) is 3.08. The van der Waals surface area contributed by atoms with E-state index in [9.17, 15) is 9.59 Å². The Kier molecular flexibility index (Phi) is 3.96. The van der Waals surface area contributed by atoms with Crippen LogP contribution in [0.25, 0.3) is 0 Å². The molecular weight excluding hydrogens is 284 g/mol. The largest absolute Gasteiger partial charge is 0.339 e. The van der Waals surface area contributed by atoms with Gasteiger partial charge in [-0.25, -0.2) is 0 Å². The molecule has 118 valence electrons. The van der Waals surface area contributed by atoms with Crippen LogP contribution in [0.2, 0.25) is 0 Å². The van der Waals surface area contributed by atoms with E-state index in [0.29, 0.717) is 31.2 Å². The monoisotopic (exact) mass is 304 g/mol. The summed E-state index contributed by atoms with van der Waals surface area (Å²) in [5.74, 6) is 1.02. The van der Waals surface area contributed by atoms with Crippen LogP contribution in [-0.2, 0) is 16.0 Å². The summed E-state index contributed by atoms with van der Waals surface area (Å²) < 4.78 is 5.02. The molecule has 2 aliphatic rings. The second-order valence-electron chi connectivity index (χ2n) is 5.80. The van der Waals surface area contributed by atoms with Crippen molar-refractivity contribution in [2.45, 2.75) is 44.7 Å². The van der Waals surface area contributed by atoms with Crippen LogP contribution in [0, 0.1) is 6.92 Å². The van der Waals surface area contributed by atoms with E-state index in [1.807, 2.05) is 9.80 Å². The van der Waals surface area contributed by atoms with Crippen molar-refractivity contribution < 1.29 is 14.1 Å². The first kappa shape index (κ1) is 14.7. The fraction of sp³-hybridized carbons (Fsp3) is 0.600. The maximum Gasteiger partial charge on any atom is 0.236 e. The van der Waals surface area contributed by atoms with Crippen molar-refractivity contribution in [3.63, 3.8) is 0 Å². The summed E-state index contributed by atoms with van der Waals surface area (Å²) in [5, 5.41) is 3.70. The van der Waals surface area contributed by atoms with E-state index < -0.39 is 0 Å². The van der Waals surface area contributed by atoms with Gasteiger partial charge in [0.1, 0.15) is 6.42 Å². The molecule has 22 heavy (non-hydrogen) atoms. The van der Waals surface area contributed by atoms with Gasteiger partial charge in [-0.3, -0.25) is 9.59 Å². The van der Waals surface area contributed by atoms with Gasteiger partial charge in [-0.05, 0) is 19.8 Å². The molecule has 1 aromatic heterocycles. The Balaban J connectivity index is 1.70. The van der Waals surface area contributed by atoms with E-state index in [1.165, 1.54) is 0 Å². The number of fused-ring (bicyclic) bond motifs is 1. The van der Waals surface area contributed by atoms with Crippen LogP contribution < -0.4 is 0 Å². The lowest BCUT2D eigenvalue weighted by atomic mass is 9.96. The number of carbonyl (C=O) groups excluding carboxylic acids is 2. The van der Waals surface area contributed by atoms with E-state index in [4.69, 9.17) is 4.52 Å². The second kappa shape index (κ2) is 5.90. The Labute approximate surface area is 129 Å². The highest BCUT2D eigenvalue weighted by Gasteiger charge is 2.44. The summed E-state index contributed by atoms with van der Waals surface area (Å²) in [6.07, 6.45) is 3.90. The lowest BCUT2D eigenvalue weighted by molar-refractivity contribution is -0.141. The number of rotatable bonds is 4. The maximum absolute atomic E-state index is 12.5. The zero-order valence-corrected chi connectivity index (χ0v) is 12.7. The third-order valence-electron chi connectivity index (χ3n) is 4.40. The van der Waals surface area contributed by atoms with E-state index in [1.54, 1.807) is 13.0 Å². The summed E-state index contributed by atoms with van der Waals surface area (Å²) in [6, 6.07) is 0.196. The number of aryl methyl sites for hydroxylation is 1. The minimum absolute atomic E-state index is 0.0101. The van der Waals surface area contributed by atoms with Crippen molar-refractivity contribution in [2.24, 2.45) is 0 Å². The highest BCUT2D eigenvalue weighted by atomic mass is 16.5. The quantitative estimate of drug-likeness (QED) is 0.765. The molecule has 0 spiro atoms. The Morgan fingerprint density at radius 2 is 2.27 bits per heavy atom. The van der Waals surface area contributed by atoms with Gasteiger partial charge in [0.15, 0.2) is 5.82 Å². The number of nitrogens with zero attached hydrogens (tertiary/aromatic N) is 4. The number of hydrogen-bond donors (Lipinski definition) is 0. The number of aromatic nitrogens is 2. The van der Waals surface area contributed by atoms with Crippen molar-refractivity contribution in [1.29, 1.82) is 0 Å². The van der Waals surface area contributed by atoms with Gasteiger partial charge in [0, 0.05) is 19.5 Å². The van der Waals surface area contributed by atoms with E-state index >= 15 is 0 Å². The smallest absolute Gasteiger partial charge is 0.236 e. The van der Waals surface area contributed by atoms with E-state index in [0.717, 1.165) is 12.8 Å². The van der Waals surface area contributed by atoms with Crippen LogP contribution >= 0.6 is 0 Å². The van der Waals surface area contributed by atoms with Crippen molar-refractivity contribution in [1.82, 2.24) is 19.9 Å². The van der Waals surface area contributed by atoms with Crippen LogP contribution in [0.4, 0.5) is 0 Å². The molecule has 3 heterocycles. The molecule has 0 unspecified atom stereocenters. The van der Waals surface area contributed by atoms with E-state index in [-0.39, 0.29) is 30.3 Å². The molecule has 0 N–H and O–H groups in total. The topological polar surface area (TPSA) is 79.5 Å². The molecule has 3 rings (SSSR count). The van der Waals surface area contributed by atoms with Crippen LogP contribution in [0.3, 0.4) is 0 Å². The average molecular weight is 304 g/mol. The number of amides is 2. The molecule has 2 atom stereocenters. The zero-order valence-electron chi connectivity index (χ0n) is 12.7. The fourth-order valence-corrected chi connectivity index (χ4v) is 3.48. The minimum atomic E-state index is -0.0101. The van der Waals surface area contributed by atoms with Crippen LogP contribution in [-0.4, -0.2) is 56.9 Å². The molecule has 7 nitrogen and oxygen atoms in total. The molecule has 0 bridgehead atoms. The summed E-state index contributed by atoms with van der Waals surface area (Å²) >= 11 is 0. The molecular formula is C15H20N4O3. The summed E-state index contributed by atoms with van der Waals surface area (Å²) in [7, 11) is 0. The summed E-state index contributed by atoms with van der Waals surface area (Å²) in [5.41, 5.74) is 0. The highest BCUT2D eigenvalue weighted by Crippen LogP contribution is 2.31. The van der Waals surface area contributed by atoms with Gasteiger partial charge in [0.05, 0.1) is 12.1 Å². The van der Waals surface area contributed by atoms with Gasteiger partial charge in [0.25, 0.3) is 0 Å². The summed E-state index contributed by atoms with van der Waals surface area (Å²) in [6.45, 7) is 6.65. The zero-order chi connectivity index (χ0) is 15.7. The predicted molar refractivity (Wildman–Crippen MR) is 77.8 cm³/mol. The molecule has 2 fully saturated rings. The molecule has 0 aliphatic carbocycles. The SMILES string of the molecule is C=CCN1C(=O)CC[C@@H]2[C@H]1CCN2C(=O)Cc1nc(C)no1. The van der Waals surface area contributed by atoms with E-state index in [2.05, 4.69) is 16.7 Å². The Morgan fingerprint density at radius 3 is 2.95 bits per heavy atom. The molecule has 2 amide bonds. The number of likely N-dealkylation sites (tertiary alicyclic amines) is 2. The van der Waals surface area contributed by atoms with Gasteiger partial charge in [-0.2, -0.15) is 4.98 Å². The molecule has 2 aliphatic heterocycles. The molecule has 0 saturated carbocycles. The predicted octanol–water partition coefficient (Wildman–Crippen LogP) is 0.698. The highest BCUT2D eigenvalue weighted by molar-refractivity contribution is 5.81.